The minimum Gasteiger partial charge on any atom is -0.395 e. The van der Waals surface area contributed by atoms with Crippen molar-refractivity contribution in [1.82, 2.24) is 10.2 Å². The van der Waals surface area contributed by atoms with Gasteiger partial charge in [-0.25, -0.2) is 4.79 Å². The standard InChI is InChI=1S/C13H24N2O3/c1-10(11-4-8-18-9-5-11)14-13(17)15(6-7-16)12-2-3-12/h10-12,16H,2-9H2,1H3,(H,14,17). The zero-order chi connectivity index (χ0) is 13.0. The van der Waals surface area contributed by atoms with Gasteiger partial charge in [0.05, 0.1) is 6.61 Å². The maximum atomic E-state index is 12.1. The highest BCUT2D eigenvalue weighted by Gasteiger charge is 2.33. The van der Waals surface area contributed by atoms with Crippen LogP contribution in [0, 0.1) is 5.92 Å². The first-order valence-corrected chi connectivity index (χ1v) is 6.98. The molecule has 0 aromatic heterocycles. The predicted octanol–water partition coefficient (Wildman–Crippen LogP) is 0.968. The zero-order valence-electron chi connectivity index (χ0n) is 11.1. The second kappa shape index (κ2) is 6.38. The fourth-order valence-corrected chi connectivity index (χ4v) is 2.56. The first-order valence-electron chi connectivity index (χ1n) is 6.98. The summed E-state index contributed by atoms with van der Waals surface area (Å²) in [5, 5.41) is 12.1. The van der Waals surface area contributed by atoms with E-state index in [2.05, 4.69) is 12.2 Å². The molecule has 5 heteroatoms. The summed E-state index contributed by atoms with van der Waals surface area (Å²) >= 11 is 0. The first kappa shape index (κ1) is 13.6. The van der Waals surface area contributed by atoms with E-state index in [4.69, 9.17) is 9.84 Å². The van der Waals surface area contributed by atoms with Crippen LogP contribution in [0.25, 0.3) is 0 Å². The highest BCUT2D eigenvalue weighted by molar-refractivity contribution is 5.75. The summed E-state index contributed by atoms with van der Waals surface area (Å²) in [5.74, 6) is 0.512. The minimum atomic E-state index is -0.0226. The second-order valence-corrected chi connectivity index (χ2v) is 5.34. The molecule has 2 amide bonds. The number of carbonyl (C=O) groups excluding carboxylic acids is 1. The van der Waals surface area contributed by atoms with Crippen LogP contribution in [0.3, 0.4) is 0 Å². The van der Waals surface area contributed by atoms with E-state index in [-0.39, 0.29) is 18.7 Å². The molecule has 1 unspecified atom stereocenters. The van der Waals surface area contributed by atoms with Crippen molar-refractivity contribution in [2.24, 2.45) is 5.92 Å². The molecule has 1 atom stereocenters. The van der Waals surface area contributed by atoms with Crippen LogP contribution >= 0.6 is 0 Å². The van der Waals surface area contributed by atoms with E-state index in [0.29, 0.717) is 18.5 Å². The van der Waals surface area contributed by atoms with Crippen LogP contribution in [0.2, 0.25) is 0 Å². The number of carbonyl (C=O) groups is 1. The Balaban J connectivity index is 1.80. The average Bonchev–Trinajstić information content (AvgIpc) is 3.21. The molecule has 0 radical (unpaired) electrons. The van der Waals surface area contributed by atoms with E-state index >= 15 is 0 Å². The van der Waals surface area contributed by atoms with Crippen molar-refractivity contribution in [1.29, 1.82) is 0 Å². The van der Waals surface area contributed by atoms with E-state index in [0.717, 1.165) is 38.9 Å². The Morgan fingerprint density at radius 2 is 2.06 bits per heavy atom. The topological polar surface area (TPSA) is 61.8 Å². The van der Waals surface area contributed by atoms with Crippen molar-refractivity contribution in [2.75, 3.05) is 26.4 Å². The zero-order valence-corrected chi connectivity index (χ0v) is 11.1. The highest BCUT2D eigenvalue weighted by atomic mass is 16.5. The second-order valence-electron chi connectivity index (χ2n) is 5.34. The van der Waals surface area contributed by atoms with Crippen LogP contribution < -0.4 is 5.32 Å². The lowest BCUT2D eigenvalue weighted by Crippen LogP contribution is -2.48. The van der Waals surface area contributed by atoms with Gasteiger partial charge in [-0.2, -0.15) is 0 Å². The lowest BCUT2D eigenvalue weighted by Gasteiger charge is -2.31. The van der Waals surface area contributed by atoms with Gasteiger partial charge in [0, 0.05) is 31.8 Å². The van der Waals surface area contributed by atoms with Gasteiger partial charge in [-0.3, -0.25) is 0 Å². The number of aliphatic hydroxyl groups excluding tert-OH is 1. The van der Waals surface area contributed by atoms with Crippen molar-refractivity contribution in [2.45, 2.75) is 44.7 Å². The molecule has 1 aliphatic carbocycles. The van der Waals surface area contributed by atoms with Crippen molar-refractivity contribution in [3.63, 3.8) is 0 Å². The summed E-state index contributed by atoms with van der Waals surface area (Å²) in [7, 11) is 0. The molecule has 0 aromatic rings. The van der Waals surface area contributed by atoms with Crippen molar-refractivity contribution in [3.8, 4) is 0 Å². The molecule has 2 rings (SSSR count). The molecule has 2 fully saturated rings. The van der Waals surface area contributed by atoms with Gasteiger partial charge in [-0.05, 0) is 38.5 Å². The monoisotopic (exact) mass is 256 g/mol. The Morgan fingerprint density at radius 3 is 2.61 bits per heavy atom. The minimum absolute atomic E-state index is 0.0226. The molecule has 104 valence electrons. The molecule has 1 saturated carbocycles. The van der Waals surface area contributed by atoms with Crippen LogP contribution in [0.5, 0.6) is 0 Å². The summed E-state index contributed by atoms with van der Waals surface area (Å²) in [4.78, 5) is 13.9. The van der Waals surface area contributed by atoms with Gasteiger partial charge in [0.2, 0.25) is 0 Å². The molecular formula is C13H24N2O3. The van der Waals surface area contributed by atoms with Crippen molar-refractivity contribution >= 4 is 6.03 Å². The molecule has 0 spiro atoms. The number of nitrogens with zero attached hydrogens (tertiary/aromatic N) is 1. The van der Waals surface area contributed by atoms with Gasteiger partial charge in [0.1, 0.15) is 0 Å². The third-order valence-corrected chi connectivity index (χ3v) is 3.91. The molecule has 5 nitrogen and oxygen atoms in total. The molecule has 0 aromatic carbocycles. The highest BCUT2D eigenvalue weighted by Crippen LogP contribution is 2.27. The Morgan fingerprint density at radius 1 is 1.39 bits per heavy atom. The van der Waals surface area contributed by atoms with Crippen LogP contribution in [0.4, 0.5) is 4.79 Å². The molecule has 18 heavy (non-hydrogen) atoms. The molecule has 1 aliphatic heterocycles. The number of rotatable bonds is 5. The number of ether oxygens (including phenoxy) is 1. The van der Waals surface area contributed by atoms with E-state index in [1.165, 1.54) is 0 Å². The normalized spacial score (nSPS) is 22.6. The van der Waals surface area contributed by atoms with Crippen LogP contribution in [-0.4, -0.2) is 54.5 Å². The van der Waals surface area contributed by atoms with Gasteiger partial charge >= 0.3 is 6.03 Å². The lowest BCUT2D eigenvalue weighted by molar-refractivity contribution is 0.0560. The molecule has 0 bridgehead atoms. The van der Waals surface area contributed by atoms with Crippen LogP contribution in [0.1, 0.15) is 32.6 Å². The molecule has 1 heterocycles. The number of aliphatic hydroxyl groups is 1. The quantitative estimate of drug-likeness (QED) is 0.770. The Bertz CT molecular complexity index is 275. The summed E-state index contributed by atoms with van der Waals surface area (Å²) in [6.45, 7) is 4.15. The number of hydrogen-bond acceptors (Lipinski definition) is 3. The fourth-order valence-electron chi connectivity index (χ4n) is 2.56. The van der Waals surface area contributed by atoms with Gasteiger partial charge in [0.15, 0.2) is 0 Å². The van der Waals surface area contributed by atoms with E-state index in [1.54, 1.807) is 4.90 Å². The Hall–Kier alpha value is -0.810. The maximum Gasteiger partial charge on any atom is 0.317 e. The van der Waals surface area contributed by atoms with E-state index < -0.39 is 0 Å². The van der Waals surface area contributed by atoms with Crippen LogP contribution in [0.15, 0.2) is 0 Å². The summed E-state index contributed by atoms with van der Waals surface area (Å²) in [5.41, 5.74) is 0. The average molecular weight is 256 g/mol. The number of urea groups is 1. The Labute approximate surface area is 108 Å². The fraction of sp³-hybridized carbons (Fsp3) is 0.923. The first-order chi connectivity index (χ1) is 8.72. The molecule has 1 saturated heterocycles. The summed E-state index contributed by atoms with van der Waals surface area (Å²) < 4.78 is 5.33. The molecule has 2 aliphatic rings. The van der Waals surface area contributed by atoms with Crippen LogP contribution in [-0.2, 0) is 4.74 Å². The Kier molecular flexibility index (Phi) is 4.83. The third kappa shape index (κ3) is 3.59. The number of hydrogen-bond donors (Lipinski definition) is 2. The van der Waals surface area contributed by atoms with Gasteiger partial charge in [-0.1, -0.05) is 0 Å². The molecule has 2 N–H and O–H groups in total. The number of nitrogens with one attached hydrogen (secondary N) is 1. The van der Waals surface area contributed by atoms with Gasteiger partial charge in [0.25, 0.3) is 0 Å². The third-order valence-electron chi connectivity index (χ3n) is 3.91. The van der Waals surface area contributed by atoms with Gasteiger partial charge in [-0.15, -0.1) is 0 Å². The lowest BCUT2D eigenvalue weighted by atomic mass is 9.93. The maximum absolute atomic E-state index is 12.1. The van der Waals surface area contributed by atoms with Crippen molar-refractivity contribution < 1.29 is 14.6 Å². The van der Waals surface area contributed by atoms with E-state index in [9.17, 15) is 4.79 Å². The number of amides is 2. The SMILES string of the molecule is CC(NC(=O)N(CCO)C1CC1)C1CCOCC1. The van der Waals surface area contributed by atoms with Crippen molar-refractivity contribution in [3.05, 3.63) is 0 Å². The summed E-state index contributed by atoms with van der Waals surface area (Å²) in [6.07, 6.45) is 4.17. The summed E-state index contributed by atoms with van der Waals surface area (Å²) in [6, 6.07) is 0.505. The smallest absolute Gasteiger partial charge is 0.317 e. The largest absolute Gasteiger partial charge is 0.395 e. The van der Waals surface area contributed by atoms with Gasteiger partial charge < -0.3 is 20.1 Å². The predicted molar refractivity (Wildman–Crippen MR) is 68.4 cm³/mol. The molecular weight excluding hydrogens is 232 g/mol. The van der Waals surface area contributed by atoms with E-state index in [1.807, 2.05) is 0 Å².